The van der Waals surface area contributed by atoms with E-state index in [1.54, 1.807) is 0 Å². The van der Waals surface area contributed by atoms with Crippen LogP contribution in [0.4, 0.5) is 0 Å². The minimum Gasteiger partial charge on any atom is -0.311 e. The first-order valence-corrected chi connectivity index (χ1v) is 6.55. The minimum absolute atomic E-state index is 0.670. The second kappa shape index (κ2) is 5.89. The van der Waals surface area contributed by atoms with Crippen LogP contribution in [0.15, 0.2) is 0 Å². The Hall–Kier alpha value is 0.270. The fraction of sp³-hybridized carbons (Fsp3) is 1.00. The van der Waals surface area contributed by atoms with Gasteiger partial charge in [-0.2, -0.15) is 11.8 Å². The molecule has 2 nitrogen and oxygen atoms in total. The average molecular weight is 202 g/mol. The van der Waals surface area contributed by atoms with Gasteiger partial charge in [-0.15, -0.1) is 0 Å². The van der Waals surface area contributed by atoms with Crippen LogP contribution >= 0.6 is 11.8 Å². The molecule has 0 amide bonds. The van der Waals surface area contributed by atoms with Crippen molar-refractivity contribution in [3.05, 3.63) is 0 Å². The van der Waals surface area contributed by atoms with Crippen LogP contribution in [0.3, 0.4) is 0 Å². The standard InChI is InChI=1S/C10H22N2S/c1-9(8-13-3)11-10-4-6-12(2)7-5-10/h9-11H,4-8H2,1-3H3. The number of thioether (sulfide) groups is 1. The van der Waals surface area contributed by atoms with Crippen LogP contribution in [0.2, 0.25) is 0 Å². The summed E-state index contributed by atoms with van der Waals surface area (Å²) in [5.74, 6) is 1.23. The molecule has 1 rings (SSSR count). The summed E-state index contributed by atoms with van der Waals surface area (Å²) in [6.07, 6.45) is 4.80. The number of nitrogens with one attached hydrogen (secondary N) is 1. The van der Waals surface area contributed by atoms with Gasteiger partial charge in [0, 0.05) is 17.8 Å². The molecule has 13 heavy (non-hydrogen) atoms. The SMILES string of the molecule is CSCC(C)NC1CCN(C)CC1. The molecule has 1 aliphatic heterocycles. The smallest absolute Gasteiger partial charge is 0.0132 e. The van der Waals surface area contributed by atoms with E-state index in [0.29, 0.717) is 6.04 Å². The van der Waals surface area contributed by atoms with Crippen molar-refractivity contribution in [2.75, 3.05) is 32.1 Å². The van der Waals surface area contributed by atoms with E-state index in [2.05, 4.69) is 30.4 Å². The van der Waals surface area contributed by atoms with Crippen molar-refractivity contribution in [3.8, 4) is 0 Å². The van der Waals surface area contributed by atoms with E-state index in [1.165, 1.54) is 31.7 Å². The van der Waals surface area contributed by atoms with Crippen LogP contribution in [0.1, 0.15) is 19.8 Å². The van der Waals surface area contributed by atoms with E-state index in [9.17, 15) is 0 Å². The lowest BCUT2D eigenvalue weighted by molar-refractivity contribution is 0.229. The maximum atomic E-state index is 3.69. The molecular formula is C10H22N2S. The summed E-state index contributed by atoms with van der Waals surface area (Å²) in [5.41, 5.74) is 0. The van der Waals surface area contributed by atoms with E-state index < -0.39 is 0 Å². The Kier molecular flexibility index (Phi) is 5.14. The summed E-state index contributed by atoms with van der Waals surface area (Å²) in [6, 6.07) is 1.43. The van der Waals surface area contributed by atoms with Crippen molar-refractivity contribution in [1.82, 2.24) is 10.2 Å². The van der Waals surface area contributed by atoms with E-state index in [0.717, 1.165) is 6.04 Å². The lowest BCUT2D eigenvalue weighted by Gasteiger charge is -2.31. The molecule has 1 N–H and O–H groups in total. The minimum atomic E-state index is 0.670. The molecule has 1 unspecified atom stereocenters. The highest BCUT2D eigenvalue weighted by atomic mass is 32.2. The van der Waals surface area contributed by atoms with Gasteiger partial charge in [-0.25, -0.2) is 0 Å². The molecule has 0 radical (unpaired) electrons. The number of likely N-dealkylation sites (tertiary alicyclic amines) is 1. The van der Waals surface area contributed by atoms with Crippen LogP contribution < -0.4 is 5.32 Å². The van der Waals surface area contributed by atoms with E-state index in [4.69, 9.17) is 0 Å². The zero-order valence-electron chi connectivity index (χ0n) is 9.05. The Bertz CT molecular complexity index is 133. The van der Waals surface area contributed by atoms with Crippen molar-refractivity contribution < 1.29 is 0 Å². The second-order valence-corrected chi connectivity index (χ2v) is 5.01. The number of rotatable bonds is 4. The molecule has 0 aromatic carbocycles. The van der Waals surface area contributed by atoms with Crippen molar-refractivity contribution in [3.63, 3.8) is 0 Å². The molecule has 0 spiro atoms. The first kappa shape index (κ1) is 11.3. The Balaban J connectivity index is 2.14. The molecular weight excluding hydrogens is 180 g/mol. The van der Waals surface area contributed by atoms with E-state index in [1.807, 2.05) is 11.8 Å². The van der Waals surface area contributed by atoms with Crippen LogP contribution in [0.25, 0.3) is 0 Å². The Labute approximate surface area is 86.5 Å². The highest BCUT2D eigenvalue weighted by Crippen LogP contribution is 2.09. The summed E-state index contributed by atoms with van der Waals surface area (Å²) >= 11 is 1.93. The number of piperidine rings is 1. The monoisotopic (exact) mass is 202 g/mol. The average Bonchev–Trinajstić information content (AvgIpc) is 2.09. The lowest BCUT2D eigenvalue weighted by atomic mass is 10.1. The molecule has 0 aromatic heterocycles. The van der Waals surface area contributed by atoms with Crippen molar-refractivity contribution in [2.24, 2.45) is 0 Å². The molecule has 0 bridgehead atoms. The fourth-order valence-electron chi connectivity index (χ4n) is 1.88. The number of nitrogens with zero attached hydrogens (tertiary/aromatic N) is 1. The first-order valence-electron chi connectivity index (χ1n) is 5.16. The summed E-state index contributed by atoms with van der Waals surface area (Å²) < 4.78 is 0. The van der Waals surface area contributed by atoms with Gasteiger partial charge >= 0.3 is 0 Å². The largest absolute Gasteiger partial charge is 0.311 e. The molecule has 1 atom stereocenters. The Morgan fingerprint density at radius 3 is 2.62 bits per heavy atom. The molecule has 1 fully saturated rings. The Morgan fingerprint density at radius 2 is 2.08 bits per heavy atom. The predicted molar refractivity (Wildman–Crippen MR) is 61.5 cm³/mol. The third-order valence-electron chi connectivity index (χ3n) is 2.66. The summed E-state index contributed by atoms with van der Waals surface area (Å²) in [4.78, 5) is 2.41. The quantitative estimate of drug-likeness (QED) is 0.742. The highest BCUT2D eigenvalue weighted by molar-refractivity contribution is 7.98. The second-order valence-electron chi connectivity index (χ2n) is 4.10. The maximum Gasteiger partial charge on any atom is 0.0132 e. The van der Waals surface area contributed by atoms with Crippen LogP contribution in [0, 0.1) is 0 Å². The molecule has 0 aromatic rings. The molecule has 0 aliphatic carbocycles. The summed E-state index contributed by atoms with van der Waals surface area (Å²) in [5, 5.41) is 3.69. The molecule has 3 heteroatoms. The van der Waals surface area contributed by atoms with Gasteiger partial charge in [-0.1, -0.05) is 0 Å². The maximum absolute atomic E-state index is 3.69. The molecule has 1 saturated heterocycles. The number of hydrogen-bond acceptors (Lipinski definition) is 3. The van der Waals surface area contributed by atoms with Crippen molar-refractivity contribution in [2.45, 2.75) is 31.8 Å². The lowest BCUT2D eigenvalue weighted by Crippen LogP contribution is -2.44. The van der Waals surface area contributed by atoms with E-state index >= 15 is 0 Å². The molecule has 78 valence electrons. The molecule has 1 heterocycles. The summed E-state index contributed by atoms with van der Waals surface area (Å²) in [6.45, 7) is 4.79. The third-order valence-corrected chi connectivity index (χ3v) is 3.49. The Morgan fingerprint density at radius 1 is 1.46 bits per heavy atom. The zero-order chi connectivity index (χ0) is 9.68. The van der Waals surface area contributed by atoms with Gasteiger partial charge in [0.05, 0.1) is 0 Å². The van der Waals surface area contributed by atoms with Crippen molar-refractivity contribution >= 4 is 11.8 Å². The highest BCUT2D eigenvalue weighted by Gasteiger charge is 2.17. The van der Waals surface area contributed by atoms with Gasteiger partial charge in [0.15, 0.2) is 0 Å². The van der Waals surface area contributed by atoms with Gasteiger partial charge in [-0.3, -0.25) is 0 Å². The van der Waals surface area contributed by atoms with Gasteiger partial charge in [-0.05, 0) is 46.2 Å². The zero-order valence-corrected chi connectivity index (χ0v) is 9.86. The number of hydrogen-bond donors (Lipinski definition) is 1. The van der Waals surface area contributed by atoms with Gasteiger partial charge in [0.1, 0.15) is 0 Å². The fourth-order valence-corrected chi connectivity index (χ4v) is 2.47. The van der Waals surface area contributed by atoms with Crippen LogP contribution in [-0.2, 0) is 0 Å². The molecule has 1 aliphatic rings. The third kappa shape index (κ3) is 4.34. The van der Waals surface area contributed by atoms with Gasteiger partial charge in [0.2, 0.25) is 0 Å². The topological polar surface area (TPSA) is 15.3 Å². The van der Waals surface area contributed by atoms with E-state index in [-0.39, 0.29) is 0 Å². The summed E-state index contributed by atoms with van der Waals surface area (Å²) in [7, 11) is 2.21. The van der Waals surface area contributed by atoms with Gasteiger partial charge in [0.25, 0.3) is 0 Å². The normalized spacial score (nSPS) is 23.3. The molecule has 0 saturated carbocycles. The van der Waals surface area contributed by atoms with Crippen molar-refractivity contribution in [1.29, 1.82) is 0 Å². The van der Waals surface area contributed by atoms with Crippen LogP contribution in [-0.4, -0.2) is 49.1 Å². The first-order chi connectivity index (χ1) is 6.22. The van der Waals surface area contributed by atoms with Gasteiger partial charge < -0.3 is 10.2 Å². The van der Waals surface area contributed by atoms with Crippen LogP contribution in [0.5, 0.6) is 0 Å². The predicted octanol–water partition coefficient (Wildman–Crippen LogP) is 1.42.